The summed E-state index contributed by atoms with van der Waals surface area (Å²) in [5, 5.41) is 6.68. The number of primary amides is 1. The largest absolute Gasteiger partial charge is 0.454 e. The van der Waals surface area contributed by atoms with Crippen molar-refractivity contribution in [2.24, 2.45) is 22.6 Å². The van der Waals surface area contributed by atoms with Crippen molar-refractivity contribution in [3.63, 3.8) is 0 Å². The molecule has 0 saturated heterocycles. The van der Waals surface area contributed by atoms with Gasteiger partial charge in [0.1, 0.15) is 5.76 Å². The molecule has 1 aliphatic carbocycles. The van der Waals surface area contributed by atoms with Gasteiger partial charge < -0.3 is 20.8 Å². The molecule has 24 heavy (non-hydrogen) atoms. The Morgan fingerprint density at radius 2 is 2.00 bits per heavy atom. The van der Waals surface area contributed by atoms with Crippen LogP contribution in [0, 0.1) is 11.8 Å². The molecule has 1 aliphatic rings. The Bertz CT molecular complexity index is 549. The lowest BCUT2D eigenvalue weighted by Gasteiger charge is -2.32. The summed E-state index contributed by atoms with van der Waals surface area (Å²) in [6.45, 7) is 5.08. The number of halogens is 1. The number of nitrogens with zero attached hydrogens (tertiary/aromatic N) is 1. The van der Waals surface area contributed by atoms with E-state index in [0.29, 0.717) is 18.3 Å². The number of amides is 1. The molecule has 1 aromatic rings. The van der Waals surface area contributed by atoms with E-state index < -0.39 is 5.91 Å². The van der Waals surface area contributed by atoms with Crippen LogP contribution in [-0.4, -0.2) is 25.0 Å². The SMILES string of the molecule is CN=C(NCc1ccc(C(N)=O)o1)NC1CCC(C(C)C)CC1.I. The van der Waals surface area contributed by atoms with Gasteiger partial charge in [0.05, 0.1) is 6.54 Å². The average Bonchev–Trinajstić information content (AvgIpc) is 3.01. The predicted molar refractivity (Wildman–Crippen MR) is 107 cm³/mol. The minimum absolute atomic E-state index is 0. The van der Waals surface area contributed by atoms with Gasteiger partial charge >= 0.3 is 0 Å². The third-order valence-electron chi connectivity index (χ3n) is 4.61. The number of rotatable bonds is 5. The summed E-state index contributed by atoms with van der Waals surface area (Å²) in [7, 11) is 1.76. The summed E-state index contributed by atoms with van der Waals surface area (Å²) in [5.41, 5.74) is 5.18. The van der Waals surface area contributed by atoms with Gasteiger partial charge in [0.25, 0.3) is 5.91 Å². The molecule has 0 atom stereocenters. The molecule has 0 aliphatic heterocycles. The van der Waals surface area contributed by atoms with Crippen LogP contribution in [0.5, 0.6) is 0 Å². The second kappa shape index (κ2) is 9.90. The smallest absolute Gasteiger partial charge is 0.284 e. The molecule has 1 heterocycles. The number of hydrogen-bond acceptors (Lipinski definition) is 3. The normalized spacial score (nSPS) is 21.2. The molecule has 0 radical (unpaired) electrons. The predicted octanol–water partition coefficient (Wildman–Crippen LogP) is 2.88. The van der Waals surface area contributed by atoms with E-state index in [9.17, 15) is 4.79 Å². The van der Waals surface area contributed by atoms with Crippen LogP contribution in [-0.2, 0) is 6.54 Å². The molecule has 1 aromatic heterocycles. The fourth-order valence-corrected chi connectivity index (χ4v) is 3.09. The fraction of sp³-hybridized carbons (Fsp3) is 0.647. The Labute approximate surface area is 161 Å². The number of nitrogens with two attached hydrogens (primary N) is 1. The first-order valence-electron chi connectivity index (χ1n) is 8.35. The molecule has 0 aromatic carbocycles. The number of furan rings is 1. The van der Waals surface area contributed by atoms with Crippen LogP contribution in [0.25, 0.3) is 0 Å². The van der Waals surface area contributed by atoms with Crippen LogP contribution in [0.3, 0.4) is 0 Å². The Hall–Kier alpha value is -1.25. The standard InChI is InChI=1S/C17H28N4O2.HI/c1-11(2)12-4-6-13(7-5-12)21-17(19-3)20-10-14-8-9-15(23-14)16(18)22;/h8-9,11-13H,4-7,10H2,1-3H3,(H2,18,22)(H2,19,20,21);1H. The van der Waals surface area contributed by atoms with E-state index in [0.717, 1.165) is 17.8 Å². The summed E-state index contributed by atoms with van der Waals surface area (Å²) < 4.78 is 5.35. The van der Waals surface area contributed by atoms with E-state index >= 15 is 0 Å². The van der Waals surface area contributed by atoms with Crippen molar-refractivity contribution in [3.8, 4) is 0 Å². The van der Waals surface area contributed by atoms with Crippen molar-refractivity contribution in [1.29, 1.82) is 0 Å². The van der Waals surface area contributed by atoms with Crippen LogP contribution in [0.1, 0.15) is 55.8 Å². The highest BCUT2D eigenvalue weighted by atomic mass is 127. The van der Waals surface area contributed by atoms with Gasteiger partial charge in [0.2, 0.25) is 0 Å². The second-order valence-electron chi connectivity index (χ2n) is 6.56. The Morgan fingerprint density at radius 1 is 1.33 bits per heavy atom. The highest BCUT2D eigenvalue weighted by Gasteiger charge is 2.23. The summed E-state index contributed by atoms with van der Waals surface area (Å²) in [6.07, 6.45) is 4.89. The van der Waals surface area contributed by atoms with Crippen LogP contribution in [0.15, 0.2) is 21.5 Å². The number of aliphatic imine (C=N–C) groups is 1. The lowest BCUT2D eigenvalue weighted by molar-refractivity contribution is 0.0972. The maximum atomic E-state index is 11.0. The van der Waals surface area contributed by atoms with Gasteiger partial charge in [-0.2, -0.15) is 0 Å². The van der Waals surface area contributed by atoms with Gasteiger partial charge in [-0.1, -0.05) is 13.8 Å². The minimum Gasteiger partial charge on any atom is -0.454 e. The molecule has 7 heteroatoms. The van der Waals surface area contributed by atoms with Crippen LogP contribution in [0.2, 0.25) is 0 Å². The zero-order valence-electron chi connectivity index (χ0n) is 14.7. The molecule has 1 saturated carbocycles. The van der Waals surface area contributed by atoms with Crippen molar-refractivity contribution >= 4 is 35.8 Å². The van der Waals surface area contributed by atoms with E-state index in [4.69, 9.17) is 10.2 Å². The molecule has 4 N–H and O–H groups in total. The summed E-state index contributed by atoms with van der Waals surface area (Å²) in [6, 6.07) is 3.80. The molecule has 0 bridgehead atoms. The molecule has 6 nitrogen and oxygen atoms in total. The van der Waals surface area contributed by atoms with E-state index in [2.05, 4.69) is 29.5 Å². The average molecular weight is 448 g/mol. The monoisotopic (exact) mass is 448 g/mol. The molecule has 2 rings (SSSR count). The van der Waals surface area contributed by atoms with Gasteiger partial charge in [-0.25, -0.2) is 0 Å². The lowest BCUT2D eigenvalue weighted by atomic mass is 9.80. The van der Waals surface area contributed by atoms with Crippen LogP contribution >= 0.6 is 24.0 Å². The zero-order valence-corrected chi connectivity index (χ0v) is 17.0. The number of carbonyl (C=O) groups is 1. The molecule has 0 unspecified atom stereocenters. The molecular weight excluding hydrogens is 419 g/mol. The quantitative estimate of drug-likeness (QED) is 0.367. The van der Waals surface area contributed by atoms with Crippen molar-refractivity contribution in [2.45, 2.75) is 52.1 Å². The maximum Gasteiger partial charge on any atom is 0.284 e. The molecule has 136 valence electrons. The Kier molecular flexibility index (Phi) is 8.58. The Balaban J connectivity index is 0.00000288. The highest BCUT2D eigenvalue weighted by molar-refractivity contribution is 14.0. The van der Waals surface area contributed by atoms with Crippen molar-refractivity contribution < 1.29 is 9.21 Å². The van der Waals surface area contributed by atoms with Crippen LogP contribution < -0.4 is 16.4 Å². The van der Waals surface area contributed by atoms with Gasteiger partial charge in [-0.3, -0.25) is 9.79 Å². The van der Waals surface area contributed by atoms with Crippen molar-refractivity contribution in [1.82, 2.24) is 10.6 Å². The lowest BCUT2D eigenvalue weighted by Crippen LogP contribution is -2.44. The first-order chi connectivity index (χ1) is 11.0. The van der Waals surface area contributed by atoms with Gasteiger partial charge in [-0.15, -0.1) is 24.0 Å². The van der Waals surface area contributed by atoms with E-state index in [-0.39, 0.29) is 29.7 Å². The zero-order chi connectivity index (χ0) is 16.8. The molecule has 1 amide bonds. The topological polar surface area (TPSA) is 92.6 Å². The number of guanidine groups is 1. The number of hydrogen-bond donors (Lipinski definition) is 3. The first kappa shape index (κ1) is 20.8. The van der Waals surface area contributed by atoms with E-state index in [1.165, 1.54) is 25.7 Å². The summed E-state index contributed by atoms with van der Waals surface area (Å²) >= 11 is 0. The molecule has 0 spiro atoms. The van der Waals surface area contributed by atoms with Gasteiger partial charge in [0, 0.05) is 13.1 Å². The minimum atomic E-state index is -0.555. The summed E-state index contributed by atoms with van der Waals surface area (Å²) in [5.74, 6) is 2.66. The fourth-order valence-electron chi connectivity index (χ4n) is 3.09. The van der Waals surface area contributed by atoms with E-state index in [1.807, 2.05) is 0 Å². The third kappa shape index (κ3) is 5.99. The second-order valence-corrected chi connectivity index (χ2v) is 6.56. The maximum absolute atomic E-state index is 11.0. The van der Waals surface area contributed by atoms with Crippen molar-refractivity contribution in [3.05, 3.63) is 23.7 Å². The van der Waals surface area contributed by atoms with Crippen molar-refractivity contribution in [2.75, 3.05) is 7.05 Å². The summed E-state index contributed by atoms with van der Waals surface area (Å²) in [4.78, 5) is 15.3. The Morgan fingerprint density at radius 3 is 2.50 bits per heavy atom. The number of nitrogens with one attached hydrogen (secondary N) is 2. The molecule has 1 fully saturated rings. The first-order valence-corrected chi connectivity index (χ1v) is 8.35. The van der Waals surface area contributed by atoms with Gasteiger partial charge in [0.15, 0.2) is 11.7 Å². The highest BCUT2D eigenvalue weighted by Crippen LogP contribution is 2.29. The molecular formula is C17H29IN4O2. The number of carbonyl (C=O) groups excluding carboxylic acids is 1. The van der Waals surface area contributed by atoms with Crippen LogP contribution in [0.4, 0.5) is 0 Å². The van der Waals surface area contributed by atoms with E-state index in [1.54, 1.807) is 19.2 Å². The third-order valence-corrected chi connectivity index (χ3v) is 4.61. The van der Waals surface area contributed by atoms with Gasteiger partial charge in [-0.05, 0) is 49.7 Å².